The Morgan fingerprint density at radius 1 is 1.82 bits per heavy atom. The molecule has 0 aromatic carbocycles. The number of carboxylic acid groups (broad SMARTS) is 1. The van der Waals surface area contributed by atoms with Gasteiger partial charge in [0.1, 0.15) is 6.04 Å². The average Bonchev–Trinajstić information content (AvgIpc) is 2.31. The van der Waals surface area contributed by atoms with Crippen LogP contribution in [0, 0.1) is 0 Å². The molecule has 1 rings (SSSR count). The van der Waals surface area contributed by atoms with Crippen molar-refractivity contribution in [3.8, 4) is 0 Å². The molecule has 60 valence electrons. The van der Waals surface area contributed by atoms with Gasteiger partial charge in [0.15, 0.2) is 0 Å². The molecule has 1 amide bonds. The van der Waals surface area contributed by atoms with E-state index in [1.165, 1.54) is 6.34 Å². The van der Waals surface area contributed by atoms with Gasteiger partial charge in [0, 0.05) is 5.97 Å². The highest BCUT2D eigenvalue weighted by Gasteiger charge is 2.19. The molecule has 1 atom stereocenters. The smallest absolute Gasteiger partial charge is 0.249 e. The summed E-state index contributed by atoms with van der Waals surface area (Å²) >= 11 is 0. The van der Waals surface area contributed by atoms with Crippen molar-refractivity contribution < 1.29 is 14.7 Å². The molecule has 5 nitrogen and oxygen atoms in total. The van der Waals surface area contributed by atoms with E-state index in [1.807, 2.05) is 0 Å². The lowest BCUT2D eigenvalue weighted by atomic mass is 10.1. The van der Waals surface area contributed by atoms with Crippen LogP contribution in [0.4, 0.5) is 0 Å². The van der Waals surface area contributed by atoms with E-state index >= 15 is 0 Å². The van der Waals surface area contributed by atoms with E-state index in [1.54, 1.807) is 0 Å². The maximum atomic E-state index is 10.7. The lowest BCUT2D eigenvalue weighted by Crippen LogP contribution is -2.28. The fourth-order valence-electron chi connectivity index (χ4n) is 0.815. The summed E-state index contributed by atoms with van der Waals surface area (Å²) in [7, 11) is 0. The van der Waals surface area contributed by atoms with Crippen LogP contribution in [0.3, 0.4) is 0 Å². The summed E-state index contributed by atoms with van der Waals surface area (Å²) in [5, 5.41) is 12.3. The molecule has 1 heterocycles. The molecule has 0 aromatic heterocycles. The zero-order valence-corrected chi connectivity index (χ0v) is 5.74. The van der Waals surface area contributed by atoms with Gasteiger partial charge in [0.2, 0.25) is 5.91 Å². The van der Waals surface area contributed by atoms with Gasteiger partial charge in [-0.25, -0.2) is 0 Å². The maximum Gasteiger partial charge on any atom is 0.249 e. The number of aliphatic imine (C=N–C) groups is 1. The second kappa shape index (κ2) is 3.14. The number of rotatable bonds is 3. The highest BCUT2D eigenvalue weighted by atomic mass is 16.4. The van der Waals surface area contributed by atoms with Crippen LogP contribution in [0.1, 0.15) is 12.8 Å². The van der Waals surface area contributed by atoms with Crippen molar-refractivity contribution in [2.45, 2.75) is 18.9 Å². The van der Waals surface area contributed by atoms with Crippen LogP contribution in [0.2, 0.25) is 0 Å². The van der Waals surface area contributed by atoms with Crippen molar-refractivity contribution in [3.63, 3.8) is 0 Å². The van der Waals surface area contributed by atoms with Crippen LogP contribution in [-0.4, -0.2) is 24.3 Å². The van der Waals surface area contributed by atoms with E-state index in [9.17, 15) is 14.7 Å². The van der Waals surface area contributed by atoms with Crippen LogP contribution < -0.4 is 10.4 Å². The van der Waals surface area contributed by atoms with Gasteiger partial charge in [-0.05, 0) is 12.8 Å². The molecule has 0 fully saturated rings. The first kappa shape index (κ1) is 7.71. The second-order valence-corrected chi connectivity index (χ2v) is 2.21. The Bertz CT molecular complexity index is 212. The van der Waals surface area contributed by atoms with E-state index in [2.05, 4.69) is 10.3 Å². The monoisotopic (exact) mass is 155 g/mol. The summed E-state index contributed by atoms with van der Waals surface area (Å²) in [6.07, 6.45) is 1.36. The first-order chi connectivity index (χ1) is 5.20. The molecule has 0 aromatic rings. The van der Waals surface area contributed by atoms with Gasteiger partial charge < -0.3 is 15.2 Å². The Balaban J connectivity index is 2.31. The molecule has 0 aliphatic carbocycles. The fourth-order valence-corrected chi connectivity index (χ4v) is 0.815. The Morgan fingerprint density at radius 3 is 3.00 bits per heavy atom. The molecule has 11 heavy (non-hydrogen) atoms. The van der Waals surface area contributed by atoms with E-state index in [-0.39, 0.29) is 18.7 Å². The van der Waals surface area contributed by atoms with Crippen molar-refractivity contribution in [1.82, 2.24) is 5.32 Å². The number of carbonyl (C=O) groups excluding carboxylic acids is 2. The molecule has 1 aliphatic heterocycles. The second-order valence-electron chi connectivity index (χ2n) is 2.21. The van der Waals surface area contributed by atoms with Gasteiger partial charge in [0.05, 0.1) is 6.34 Å². The minimum absolute atomic E-state index is 0.130. The molecule has 1 aliphatic rings. The molecule has 0 radical (unpaired) electrons. The lowest BCUT2D eigenvalue weighted by molar-refractivity contribution is -0.305. The maximum absolute atomic E-state index is 10.7. The van der Waals surface area contributed by atoms with Crippen molar-refractivity contribution >= 4 is 18.2 Å². The predicted octanol–water partition coefficient (Wildman–Crippen LogP) is -1.96. The van der Waals surface area contributed by atoms with Crippen molar-refractivity contribution in [1.29, 1.82) is 0 Å². The minimum atomic E-state index is -1.15. The Labute approximate surface area is 63.1 Å². The number of hydrogen-bond acceptors (Lipinski definition) is 4. The Kier molecular flexibility index (Phi) is 2.20. The zero-order valence-electron chi connectivity index (χ0n) is 5.74. The van der Waals surface area contributed by atoms with Gasteiger partial charge in [-0.2, -0.15) is 0 Å². The number of carboxylic acids is 1. The number of nitrogens with zero attached hydrogens (tertiary/aromatic N) is 1. The first-order valence-corrected chi connectivity index (χ1v) is 3.22. The summed E-state index contributed by atoms with van der Waals surface area (Å²) in [5.74, 6) is -1.40. The molecule has 1 N–H and O–H groups in total. The Morgan fingerprint density at radius 2 is 2.55 bits per heavy atom. The SMILES string of the molecule is O=C([O-])CCC1N=CNC1=O. The molecule has 0 saturated carbocycles. The number of amides is 1. The molecule has 1 unspecified atom stereocenters. The quantitative estimate of drug-likeness (QED) is 0.514. The third-order valence-electron chi connectivity index (χ3n) is 1.39. The van der Waals surface area contributed by atoms with Crippen molar-refractivity contribution in [2.75, 3.05) is 0 Å². The molecule has 5 heteroatoms. The first-order valence-electron chi connectivity index (χ1n) is 3.22. The van der Waals surface area contributed by atoms with Gasteiger partial charge in [-0.3, -0.25) is 9.79 Å². The van der Waals surface area contributed by atoms with Crippen molar-refractivity contribution in [2.24, 2.45) is 4.99 Å². The highest BCUT2D eigenvalue weighted by Crippen LogP contribution is 2.03. The fraction of sp³-hybridized carbons (Fsp3) is 0.500. The highest BCUT2D eigenvalue weighted by molar-refractivity contribution is 5.96. The van der Waals surface area contributed by atoms with Gasteiger partial charge >= 0.3 is 0 Å². The number of nitrogens with one attached hydrogen (secondary N) is 1. The van der Waals surface area contributed by atoms with Crippen molar-refractivity contribution in [3.05, 3.63) is 0 Å². The van der Waals surface area contributed by atoms with Crippen LogP contribution in [0.25, 0.3) is 0 Å². The lowest BCUT2D eigenvalue weighted by Gasteiger charge is -2.04. The standard InChI is InChI=1S/C6H8N2O3/c9-5(10)2-1-4-6(11)8-3-7-4/h3-4H,1-2H2,(H,9,10)(H,7,8,11)/p-1. The molecule has 0 spiro atoms. The van der Waals surface area contributed by atoms with Crippen LogP contribution in [0.5, 0.6) is 0 Å². The number of aliphatic carboxylic acids is 1. The molecular formula is C6H7N2O3-. The third kappa shape index (κ3) is 2.03. The summed E-state index contributed by atoms with van der Waals surface area (Å²) in [4.78, 5) is 24.4. The van der Waals surface area contributed by atoms with Gasteiger partial charge in [-0.15, -0.1) is 0 Å². The van der Waals surface area contributed by atoms with Crippen LogP contribution in [0.15, 0.2) is 4.99 Å². The molecule has 0 saturated heterocycles. The van der Waals surface area contributed by atoms with Gasteiger partial charge in [0.25, 0.3) is 0 Å². The largest absolute Gasteiger partial charge is 0.550 e. The normalized spacial score (nSPS) is 21.8. The summed E-state index contributed by atoms with van der Waals surface area (Å²) in [6, 6.07) is -0.534. The third-order valence-corrected chi connectivity index (χ3v) is 1.39. The van der Waals surface area contributed by atoms with E-state index in [0.717, 1.165) is 0 Å². The number of hydrogen-bond donors (Lipinski definition) is 1. The minimum Gasteiger partial charge on any atom is -0.550 e. The van der Waals surface area contributed by atoms with Crippen LogP contribution >= 0.6 is 0 Å². The van der Waals surface area contributed by atoms with Crippen LogP contribution in [-0.2, 0) is 9.59 Å². The van der Waals surface area contributed by atoms with Gasteiger partial charge in [-0.1, -0.05) is 0 Å². The topological polar surface area (TPSA) is 81.6 Å². The number of carbonyl (C=O) groups is 2. The predicted molar refractivity (Wildman–Crippen MR) is 34.7 cm³/mol. The summed E-state index contributed by atoms with van der Waals surface area (Å²) in [5.41, 5.74) is 0. The average molecular weight is 155 g/mol. The molecule has 0 bridgehead atoms. The summed E-state index contributed by atoms with van der Waals surface area (Å²) < 4.78 is 0. The molecular weight excluding hydrogens is 148 g/mol. The Hall–Kier alpha value is -1.39. The summed E-state index contributed by atoms with van der Waals surface area (Å²) in [6.45, 7) is 0. The van der Waals surface area contributed by atoms with E-state index in [4.69, 9.17) is 0 Å². The zero-order chi connectivity index (χ0) is 8.27. The van der Waals surface area contributed by atoms with E-state index < -0.39 is 12.0 Å². The van der Waals surface area contributed by atoms with E-state index in [0.29, 0.717) is 0 Å².